The molecule has 1 aliphatic rings. The van der Waals surface area contributed by atoms with Crippen molar-refractivity contribution >= 4 is 7.26 Å². The molecule has 1 heteroatoms. The molecule has 0 heterocycles. The Balaban J connectivity index is 2.82. The molecule has 0 aromatic rings. The van der Waals surface area contributed by atoms with Gasteiger partial charge in [0, 0.05) is 33.2 Å². The van der Waals surface area contributed by atoms with Gasteiger partial charge in [0.05, 0.1) is 5.66 Å². The Morgan fingerprint density at radius 3 is 1.82 bits per heavy atom. The zero-order chi connectivity index (χ0) is 13.6. The van der Waals surface area contributed by atoms with Crippen molar-refractivity contribution in [3.63, 3.8) is 0 Å². The highest BCUT2D eigenvalue weighted by atomic mass is 31.2. The number of hydrogen-bond acceptors (Lipinski definition) is 0. The molecule has 0 radical (unpaired) electrons. The SMILES string of the molecule is CC1C=C(CC(C)(C)C(C)(C)C)C1[P+](C)(C)C. The third-order valence-corrected chi connectivity index (χ3v) is 7.34. The summed E-state index contributed by atoms with van der Waals surface area (Å²) in [6.07, 6.45) is 3.81. The summed E-state index contributed by atoms with van der Waals surface area (Å²) >= 11 is 0. The minimum atomic E-state index is -0.739. The van der Waals surface area contributed by atoms with E-state index < -0.39 is 7.26 Å². The van der Waals surface area contributed by atoms with E-state index in [1.165, 1.54) is 6.42 Å². The maximum absolute atomic E-state index is 2.53. The minimum absolute atomic E-state index is 0.382. The lowest BCUT2D eigenvalue weighted by Gasteiger charge is -2.45. The quantitative estimate of drug-likeness (QED) is 0.474. The average Bonchev–Trinajstić information content (AvgIpc) is 1.95. The van der Waals surface area contributed by atoms with Crippen LogP contribution in [-0.4, -0.2) is 25.7 Å². The molecule has 0 aromatic heterocycles. The second-order valence-electron chi connectivity index (χ2n) is 8.47. The standard InChI is InChI=1S/C16H32P/c1-12-10-13(14(12)17(7,8)9)11-16(5,6)15(2,3)4/h10,12,14H,11H2,1-9H3/q+1. The van der Waals surface area contributed by atoms with Crippen LogP contribution in [0.15, 0.2) is 11.6 Å². The predicted octanol–water partition coefficient (Wildman–Crippen LogP) is 5.30. The Labute approximate surface area is 110 Å². The summed E-state index contributed by atoms with van der Waals surface area (Å²) in [5, 5.41) is 0. The van der Waals surface area contributed by atoms with Crippen LogP contribution in [0, 0.1) is 16.7 Å². The van der Waals surface area contributed by atoms with Gasteiger partial charge in [-0.1, -0.05) is 47.6 Å². The van der Waals surface area contributed by atoms with Crippen molar-refractivity contribution in [3.8, 4) is 0 Å². The van der Waals surface area contributed by atoms with Crippen LogP contribution < -0.4 is 0 Å². The van der Waals surface area contributed by atoms with Crippen LogP contribution in [0.25, 0.3) is 0 Å². The lowest BCUT2D eigenvalue weighted by Crippen LogP contribution is -2.37. The maximum Gasteiger partial charge on any atom is 0.0957 e. The van der Waals surface area contributed by atoms with E-state index in [9.17, 15) is 0 Å². The van der Waals surface area contributed by atoms with E-state index in [2.05, 4.69) is 67.6 Å². The first-order valence-corrected chi connectivity index (χ1v) is 10.1. The Morgan fingerprint density at radius 2 is 1.53 bits per heavy atom. The summed E-state index contributed by atoms with van der Waals surface area (Å²) in [4.78, 5) is 0. The van der Waals surface area contributed by atoms with E-state index in [1.54, 1.807) is 5.57 Å². The number of hydrogen-bond donors (Lipinski definition) is 0. The molecule has 2 unspecified atom stereocenters. The van der Waals surface area contributed by atoms with Crippen LogP contribution in [0.2, 0.25) is 0 Å². The van der Waals surface area contributed by atoms with Gasteiger partial charge < -0.3 is 0 Å². The molecule has 0 saturated carbocycles. The highest BCUT2D eigenvalue weighted by Gasteiger charge is 2.46. The molecule has 0 aromatic carbocycles. The molecule has 0 amide bonds. The maximum atomic E-state index is 2.53. The molecule has 0 saturated heterocycles. The van der Waals surface area contributed by atoms with E-state index in [0.29, 0.717) is 10.8 Å². The van der Waals surface area contributed by atoms with Gasteiger partial charge in [-0.3, -0.25) is 0 Å². The Bertz CT molecular complexity index is 309. The molecular formula is C16H32P+. The van der Waals surface area contributed by atoms with Crippen LogP contribution in [0.4, 0.5) is 0 Å². The number of rotatable bonds is 3. The Morgan fingerprint density at radius 1 is 1.06 bits per heavy atom. The van der Waals surface area contributed by atoms with Gasteiger partial charge in [-0.05, 0) is 22.8 Å². The van der Waals surface area contributed by atoms with Crippen molar-refractivity contribution in [1.82, 2.24) is 0 Å². The molecular weight excluding hydrogens is 223 g/mol. The molecule has 1 rings (SSSR count). The van der Waals surface area contributed by atoms with Crippen LogP contribution in [0.5, 0.6) is 0 Å². The van der Waals surface area contributed by atoms with Gasteiger partial charge >= 0.3 is 0 Å². The summed E-state index contributed by atoms with van der Waals surface area (Å²) in [7, 11) is -0.739. The summed E-state index contributed by atoms with van der Waals surface area (Å²) in [5.74, 6) is 0.814. The van der Waals surface area contributed by atoms with E-state index in [1.807, 2.05) is 0 Å². The molecule has 0 aliphatic heterocycles. The molecule has 100 valence electrons. The normalized spacial score (nSPS) is 26.5. The van der Waals surface area contributed by atoms with Crippen molar-refractivity contribution in [2.24, 2.45) is 16.7 Å². The van der Waals surface area contributed by atoms with Gasteiger partial charge in [0.1, 0.15) is 0 Å². The fourth-order valence-electron chi connectivity index (χ4n) is 2.89. The zero-order valence-electron chi connectivity index (χ0n) is 13.4. The van der Waals surface area contributed by atoms with E-state index in [4.69, 9.17) is 0 Å². The first-order valence-electron chi connectivity index (χ1n) is 6.88. The highest BCUT2D eigenvalue weighted by Crippen LogP contribution is 2.63. The van der Waals surface area contributed by atoms with Crippen molar-refractivity contribution in [3.05, 3.63) is 11.6 Å². The Hall–Kier alpha value is 0.170. The van der Waals surface area contributed by atoms with Crippen LogP contribution in [0.1, 0.15) is 48.0 Å². The third kappa shape index (κ3) is 3.14. The molecule has 0 bridgehead atoms. The largest absolute Gasteiger partial charge is 0.0957 e. The van der Waals surface area contributed by atoms with E-state index in [-0.39, 0.29) is 0 Å². The average molecular weight is 255 g/mol. The fraction of sp³-hybridized carbons (Fsp3) is 0.875. The van der Waals surface area contributed by atoms with Gasteiger partial charge in [-0.15, -0.1) is 0 Å². The van der Waals surface area contributed by atoms with Crippen molar-refractivity contribution in [2.75, 3.05) is 20.0 Å². The van der Waals surface area contributed by atoms with Crippen molar-refractivity contribution < 1.29 is 0 Å². The second-order valence-corrected chi connectivity index (χ2v) is 13.3. The summed E-state index contributed by atoms with van der Waals surface area (Å²) < 4.78 is 0. The third-order valence-electron chi connectivity index (χ3n) is 4.87. The van der Waals surface area contributed by atoms with Gasteiger partial charge in [-0.2, -0.15) is 0 Å². The summed E-state index contributed by atoms with van der Waals surface area (Å²) in [5.41, 5.74) is 3.42. The Kier molecular flexibility index (Phi) is 3.92. The molecule has 17 heavy (non-hydrogen) atoms. The molecule has 0 N–H and O–H groups in total. The van der Waals surface area contributed by atoms with Gasteiger partial charge in [0.25, 0.3) is 0 Å². The zero-order valence-corrected chi connectivity index (χ0v) is 14.3. The molecule has 2 atom stereocenters. The fourth-order valence-corrected chi connectivity index (χ4v) is 5.56. The van der Waals surface area contributed by atoms with E-state index >= 15 is 0 Å². The molecule has 0 nitrogen and oxygen atoms in total. The predicted molar refractivity (Wildman–Crippen MR) is 83.6 cm³/mol. The molecule has 0 spiro atoms. The minimum Gasteiger partial charge on any atom is -0.0743 e. The smallest absolute Gasteiger partial charge is 0.0743 e. The van der Waals surface area contributed by atoms with Crippen molar-refractivity contribution in [2.45, 2.75) is 53.6 Å². The highest BCUT2D eigenvalue weighted by molar-refractivity contribution is 7.74. The van der Waals surface area contributed by atoms with Crippen LogP contribution >= 0.6 is 7.26 Å². The molecule has 1 aliphatic carbocycles. The topological polar surface area (TPSA) is 0 Å². The monoisotopic (exact) mass is 255 g/mol. The van der Waals surface area contributed by atoms with Gasteiger partial charge in [-0.25, -0.2) is 0 Å². The summed E-state index contributed by atoms with van der Waals surface area (Å²) in [6, 6.07) is 0. The van der Waals surface area contributed by atoms with Crippen molar-refractivity contribution in [1.29, 1.82) is 0 Å². The summed E-state index contributed by atoms with van der Waals surface area (Å²) in [6.45, 7) is 21.8. The second kappa shape index (κ2) is 4.37. The first kappa shape index (κ1) is 15.2. The van der Waals surface area contributed by atoms with Crippen LogP contribution in [0.3, 0.4) is 0 Å². The van der Waals surface area contributed by atoms with Gasteiger partial charge in [0.15, 0.2) is 0 Å². The number of allylic oxidation sites excluding steroid dienone is 2. The lowest BCUT2D eigenvalue weighted by molar-refractivity contribution is 0.128. The first-order chi connectivity index (χ1) is 7.36. The van der Waals surface area contributed by atoms with E-state index in [0.717, 1.165) is 11.6 Å². The van der Waals surface area contributed by atoms with Gasteiger partial charge in [0.2, 0.25) is 0 Å². The molecule has 0 fully saturated rings. The lowest BCUT2D eigenvalue weighted by atomic mass is 9.64. The van der Waals surface area contributed by atoms with Crippen LogP contribution in [-0.2, 0) is 0 Å².